The van der Waals surface area contributed by atoms with Crippen molar-refractivity contribution in [3.05, 3.63) is 91.1 Å². The van der Waals surface area contributed by atoms with E-state index in [2.05, 4.69) is 79.7 Å². The topological polar surface area (TPSA) is 13.1 Å². The van der Waals surface area contributed by atoms with Crippen LogP contribution in [0.5, 0.6) is 0 Å². The second kappa shape index (κ2) is 5.26. The molecule has 0 saturated carbocycles. The average Bonchev–Trinajstić information content (AvgIpc) is 3.37. The molecule has 2 aliphatic rings. The minimum atomic E-state index is -0.116. The monoisotopic (exact) mass is 471 g/mol. The molecule has 28 heavy (non-hydrogen) atoms. The van der Waals surface area contributed by atoms with Crippen LogP contribution in [0.2, 0.25) is 0 Å². The first-order valence-electron chi connectivity index (χ1n) is 9.67. The van der Waals surface area contributed by atoms with E-state index in [-0.39, 0.29) is 21.2 Å². The Morgan fingerprint density at radius 1 is 0.679 bits per heavy atom. The first kappa shape index (κ1) is 15.3. The van der Waals surface area contributed by atoms with Crippen LogP contribution < -0.4 is 21.2 Å². The molecule has 1 atom stereocenters. The fraction of sp³-hybridized carbons (Fsp3) is 0.0769. The summed E-state index contributed by atoms with van der Waals surface area (Å²) in [4.78, 5) is 0. The van der Waals surface area contributed by atoms with Gasteiger partial charge in [0.25, 0.3) is 0 Å². The summed E-state index contributed by atoms with van der Waals surface area (Å²) in [5.41, 5.74) is 10.5. The summed E-state index contributed by atoms with van der Waals surface area (Å²) in [7, 11) is 0. The third-order valence-electron chi connectivity index (χ3n) is 6.29. The molecule has 134 valence electrons. The van der Waals surface area contributed by atoms with E-state index in [1.54, 1.807) is 0 Å². The molecule has 0 radical (unpaired) electrons. The van der Waals surface area contributed by atoms with Crippen LogP contribution in [-0.2, 0) is 0 Å². The van der Waals surface area contributed by atoms with Gasteiger partial charge in [0.2, 0.25) is 0 Å². The van der Waals surface area contributed by atoms with Crippen molar-refractivity contribution in [1.82, 2.24) is 0 Å². The van der Waals surface area contributed by atoms with Crippen LogP contribution in [0, 0.1) is 7.14 Å². The van der Waals surface area contributed by atoms with Gasteiger partial charge in [-0.3, -0.25) is 0 Å². The van der Waals surface area contributed by atoms with Gasteiger partial charge in [0.15, 0.2) is 0 Å². The van der Waals surface area contributed by atoms with Gasteiger partial charge in [-0.2, -0.15) is 0 Å². The minimum absolute atomic E-state index is 0.116. The molecule has 0 spiro atoms. The Bertz CT molecular complexity index is 1460. The van der Waals surface area contributed by atoms with Crippen LogP contribution >= 0.6 is 0 Å². The summed E-state index contributed by atoms with van der Waals surface area (Å²) in [5.74, 6) is 0.387. The first-order chi connectivity index (χ1) is 13.8. The maximum atomic E-state index is 6.38. The number of hydrogen-bond acceptors (Lipinski definition) is 1. The number of hydrogen-bond donors (Lipinski definition) is 0. The van der Waals surface area contributed by atoms with Crippen LogP contribution in [0.4, 0.5) is 0 Å². The Morgan fingerprint density at radius 2 is 1.43 bits per heavy atom. The fourth-order valence-corrected chi connectivity index (χ4v) is 8.05. The van der Waals surface area contributed by atoms with Gasteiger partial charge in [-0.15, -0.1) is 0 Å². The summed E-state index contributed by atoms with van der Waals surface area (Å²) < 4.78 is 9.43. The first-order valence-corrected chi connectivity index (χ1v) is 11.8. The summed E-state index contributed by atoms with van der Waals surface area (Å²) >= 11 is -0.116. The van der Waals surface area contributed by atoms with E-state index in [9.17, 15) is 0 Å². The van der Waals surface area contributed by atoms with Crippen molar-refractivity contribution < 1.29 is 25.6 Å². The average molecular weight is 471 g/mol. The predicted molar refractivity (Wildman–Crippen MR) is 110 cm³/mol. The Kier molecular flexibility index (Phi) is 2.89. The predicted octanol–water partition coefficient (Wildman–Crippen LogP) is 3.83. The number of benzene rings is 4. The Hall–Kier alpha value is -2.59. The molecule has 5 aromatic rings. The summed E-state index contributed by atoms with van der Waals surface area (Å²) in [6.45, 7) is 2.34. The summed E-state index contributed by atoms with van der Waals surface area (Å²) in [6.07, 6.45) is 0. The van der Waals surface area contributed by atoms with Crippen LogP contribution in [0.1, 0.15) is 24.0 Å². The molecule has 2 heterocycles. The molecule has 1 aliphatic heterocycles. The van der Waals surface area contributed by atoms with E-state index >= 15 is 0 Å². The maximum absolute atomic E-state index is 6.38. The normalized spacial score (nSPS) is 16.5. The van der Waals surface area contributed by atoms with Crippen LogP contribution in [-0.4, -0.2) is 0 Å². The molecule has 0 saturated heterocycles. The Morgan fingerprint density at radius 3 is 2.36 bits per heavy atom. The van der Waals surface area contributed by atoms with Gasteiger partial charge in [0, 0.05) is 0 Å². The molecular formula is C26H16IO-. The zero-order chi connectivity index (χ0) is 18.4. The molecule has 0 amide bonds. The van der Waals surface area contributed by atoms with E-state index in [0.717, 1.165) is 11.2 Å². The van der Waals surface area contributed by atoms with Crippen LogP contribution in [0.3, 0.4) is 0 Å². The summed E-state index contributed by atoms with van der Waals surface area (Å²) in [5, 5.41) is 2.66. The molecule has 0 fully saturated rings. The molecule has 2 heteroatoms. The second-order valence-electron chi connectivity index (χ2n) is 7.68. The van der Waals surface area contributed by atoms with E-state index in [1.807, 2.05) is 0 Å². The molecule has 1 aliphatic carbocycles. The number of rotatable bonds is 0. The molecule has 1 aromatic heterocycles. The van der Waals surface area contributed by atoms with Gasteiger partial charge in [-0.25, -0.2) is 0 Å². The standard InChI is InChI=1S/C26H16IO/c1-14-15-6-2-3-7-16(15)17-10-12-21-25(23(14)17)26-22(28-21)13-11-20-24(26)18-8-4-5-9-19(18)27-20/h2-14H,1H3/q-1/t14-/m0/s1. The Labute approximate surface area is 173 Å². The molecule has 0 N–H and O–H groups in total. The van der Waals surface area contributed by atoms with Crippen molar-refractivity contribution >= 4 is 21.9 Å². The van der Waals surface area contributed by atoms with Gasteiger partial charge in [0.05, 0.1) is 0 Å². The molecule has 0 bridgehead atoms. The van der Waals surface area contributed by atoms with Gasteiger partial charge in [-0.05, 0) is 0 Å². The number of fused-ring (bicyclic) bond motifs is 11. The van der Waals surface area contributed by atoms with Gasteiger partial charge in [-0.1, -0.05) is 0 Å². The van der Waals surface area contributed by atoms with Crippen molar-refractivity contribution in [3.63, 3.8) is 0 Å². The van der Waals surface area contributed by atoms with Crippen molar-refractivity contribution in [3.8, 4) is 22.3 Å². The van der Waals surface area contributed by atoms with E-state index in [0.29, 0.717) is 5.92 Å². The zero-order valence-electron chi connectivity index (χ0n) is 15.3. The molecular weight excluding hydrogens is 455 g/mol. The van der Waals surface area contributed by atoms with E-state index in [4.69, 9.17) is 4.42 Å². The van der Waals surface area contributed by atoms with Crippen molar-refractivity contribution in [2.24, 2.45) is 0 Å². The third kappa shape index (κ3) is 1.77. The second-order valence-corrected chi connectivity index (χ2v) is 10.5. The molecule has 4 aromatic carbocycles. The SMILES string of the molecule is C[C@H]1c2ccccc2-c2ccc3oc4ccc5c(c4c3c21)-c1ccccc1[I-]5. The zero-order valence-corrected chi connectivity index (χ0v) is 17.4. The Balaban J connectivity index is 1.68. The van der Waals surface area contributed by atoms with Crippen LogP contribution in [0.25, 0.3) is 44.2 Å². The fourth-order valence-electron chi connectivity index (χ4n) is 5.11. The van der Waals surface area contributed by atoms with Crippen molar-refractivity contribution in [1.29, 1.82) is 0 Å². The summed E-state index contributed by atoms with van der Waals surface area (Å²) in [6, 6.07) is 26.7. The van der Waals surface area contributed by atoms with Crippen molar-refractivity contribution in [2.75, 3.05) is 0 Å². The number of halogens is 1. The van der Waals surface area contributed by atoms with Gasteiger partial charge in [0.1, 0.15) is 0 Å². The van der Waals surface area contributed by atoms with E-state index in [1.165, 1.54) is 51.3 Å². The van der Waals surface area contributed by atoms with Gasteiger partial charge >= 0.3 is 174 Å². The van der Waals surface area contributed by atoms with Crippen LogP contribution in [0.15, 0.2) is 77.2 Å². The van der Waals surface area contributed by atoms with Crippen molar-refractivity contribution in [2.45, 2.75) is 12.8 Å². The molecule has 0 unspecified atom stereocenters. The molecule has 1 nitrogen and oxygen atoms in total. The van der Waals surface area contributed by atoms with E-state index < -0.39 is 0 Å². The number of furan rings is 1. The third-order valence-corrected chi connectivity index (χ3v) is 9.29. The van der Waals surface area contributed by atoms with Gasteiger partial charge < -0.3 is 0 Å². The quantitative estimate of drug-likeness (QED) is 0.307. The molecule has 7 rings (SSSR count).